The highest BCUT2D eigenvalue weighted by atomic mass is 32.1. The number of anilines is 1. The van der Waals surface area contributed by atoms with Gasteiger partial charge in [0.15, 0.2) is 0 Å². The average molecular weight is 461 g/mol. The number of aromatic nitrogens is 2. The fraction of sp³-hybridized carbons (Fsp3) is 0.318. The summed E-state index contributed by atoms with van der Waals surface area (Å²) >= 11 is 0.949. The van der Waals surface area contributed by atoms with Gasteiger partial charge in [0.2, 0.25) is 0 Å². The van der Waals surface area contributed by atoms with Crippen molar-refractivity contribution in [3.8, 4) is 10.6 Å². The second-order valence-electron chi connectivity index (χ2n) is 7.80. The van der Waals surface area contributed by atoms with Crippen LogP contribution >= 0.6 is 11.3 Å². The van der Waals surface area contributed by atoms with Gasteiger partial charge in [0, 0.05) is 23.6 Å². The van der Waals surface area contributed by atoms with E-state index in [1.54, 1.807) is 13.0 Å². The Kier molecular flexibility index (Phi) is 6.04. The van der Waals surface area contributed by atoms with Crippen LogP contribution in [0.5, 0.6) is 0 Å². The summed E-state index contributed by atoms with van der Waals surface area (Å²) in [4.78, 5) is 20.9. The van der Waals surface area contributed by atoms with Crippen molar-refractivity contribution in [3.63, 3.8) is 0 Å². The molecule has 0 radical (unpaired) electrons. The monoisotopic (exact) mass is 461 g/mol. The number of aliphatic hydroxyl groups is 2. The van der Waals surface area contributed by atoms with Crippen LogP contribution in [0.25, 0.3) is 10.6 Å². The number of rotatable bonds is 4. The van der Waals surface area contributed by atoms with Gasteiger partial charge < -0.3 is 20.3 Å². The standard InChI is InChI=1S/C22H21F2N3O4S/c1-11-22(2,30)18(28)8-17(31-11)12-6-7-25-9-15(12)26-20(29)16-10-32-21(27-16)19-13(23)4-3-5-14(19)24/h3-7,9-11,17-18,28,30H,8H2,1-2H3,(H,26,29)/t11-,17-,18-,22-/m1/s1. The molecule has 0 bridgehead atoms. The van der Waals surface area contributed by atoms with E-state index >= 15 is 0 Å². The van der Waals surface area contributed by atoms with Gasteiger partial charge in [-0.15, -0.1) is 11.3 Å². The Bertz CT molecular complexity index is 1120. The maximum absolute atomic E-state index is 14.0. The molecule has 32 heavy (non-hydrogen) atoms. The largest absolute Gasteiger partial charge is 0.390 e. The van der Waals surface area contributed by atoms with Crippen LogP contribution in [0.1, 0.15) is 42.4 Å². The maximum atomic E-state index is 14.0. The SMILES string of the molecule is C[C@H]1O[C@@H](c2ccncc2NC(=O)c2csc(-c3c(F)cccc3F)n2)C[C@@H](O)[C@]1(C)O. The van der Waals surface area contributed by atoms with Crippen LogP contribution in [0.2, 0.25) is 0 Å². The normalized spacial score (nSPS) is 25.5. The first kappa shape index (κ1) is 22.4. The van der Waals surface area contributed by atoms with E-state index in [4.69, 9.17) is 4.74 Å². The maximum Gasteiger partial charge on any atom is 0.275 e. The lowest BCUT2D eigenvalue weighted by Crippen LogP contribution is -2.54. The van der Waals surface area contributed by atoms with Crippen LogP contribution in [0, 0.1) is 11.6 Å². The zero-order valence-corrected chi connectivity index (χ0v) is 18.1. The summed E-state index contributed by atoms with van der Waals surface area (Å²) in [7, 11) is 0. The van der Waals surface area contributed by atoms with Crippen molar-refractivity contribution < 1.29 is 28.5 Å². The number of hydrogen-bond acceptors (Lipinski definition) is 7. The predicted octanol–water partition coefficient (Wildman–Crippen LogP) is 3.70. The number of ether oxygens (including phenoxy) is 1. The van der Waals surface area contributed by atoms with Crippen molar-refractivity contribution in [2.45, 2.75) is 44.2 Å². The first-order chi connectivity index (χ1) is 15.2. The van der Waals surface area contributed by atoms with Gasteiger partial charge in [-0.2, -0.15) is 0 Å². The topological polar surface area (TPSA) is 105 Å². The van der Waals surface area contributed by atoms with Crippen molar-refractivity contribution in [1.29, 1.82) is 0 Å². The average Bonchev–Trinajstić information content (AvgIpc) is 3.22. The van der Waals surface area contributed by atoms with Gasteiger partial charge in [0.25, 0.3) is 5.91 Å². The summed E-state index contributed by atoms with van der Waals surface area (Å²) in [6, 6.07) is 5.15. The number of carbonyl (C=O) groups excluding carboxylic acids is 1. The van der Waals surface area contributed by atoms with Gasteiger partial charge in [-0.25, -0.2) is 13.8 Å². The van der Waals surface area contributed by atoms with E-state index in [0.717, 1.165) is 23.5 Å². The molecule has 168 valence electrons. The summed E-state index contributed by atoms with van der Waals surface area (Å²) in [5.41, 5.74) is -0.778. The Balaban J connectivity index is 1.56. The van der Waals surface area contributed by atoms with Crippen molar-refractivity contribution in [2.24, 2.45) is 0 Å². The van der Waals surface area contributed by atoms with Gasteiger partial charge in [0.05, 0.1) is 35.8 Å². The molecule has 0 aliphatic carbocycles. The number of benzene rings is 1. The molecule has 1 amide bonds. The van der Waals surface area contributed by atoms with E-state index in [0.29, 0.717) is 11.3 Å². The molecule has 10 heteroatoms. The van der Waals surface area contributed by atoms with Crippen molar-refractivity contribution in [2.75, 3.05) is 5.32 Å². The van der Waals surface area contributed by atoms with E-state index in [2.05, 4.69) is 15.3 Å². The summed E-state index contributed by atoms with van der Waals surface area (Å²) in [5.74, 6) is -2.12. The lowest BCUT2D eigenvalue weighted by molar-refractivity contribution is -0.215. The summed E-state index contributed by atoms with van der Waals surface area (Å²) in [5, 5.41) is 24.9. The van der Waals surface area contributed by atoms with Crippen molar-refractivity contribution >= 4 is 22.9 Å². The Labute approximate surface area is 186 Å². The van der Waals surface area contributed by atoms with E-state index in [1.165, 1.54) is 30.8 Å². The first-order valence-corrected chi connectivity index (χ1v) is 10.8. The lowest BCUT2D eigenvalue weighted by atomic mass is 9.84. The minimum absolute atomic E-state index is 0.0108. The minimum atomic E-state index is -1.40. The van der Waals surface area contributed by atoms with Crippen LogP contribution in [-0.2, 0) is 4.74 Å². The molecule has 1 aliphatic heterocycles. The van der Waals surface area contributed by atoms with Gasteiger partial charge in [-0.05, 0) is 32.0 Å². The molecule has 3 heterocycles. The highest BCUT2D eigenvalue weighted by Gasteiger charge is 2.44. The number of hydrogen-bond donors (Lipinski definition) is 3. The molecule has 4 atom stereocenters. The number of nitrogens with zero attached hydrogens (tertiary/aromatic N) is 2. The zero-order valence-electron chi connectivity index (χ0n) is 17.3. The van der Waals surface area contributed by atoms with E-state index in [1.807, 2.05) is 0 Å². The number of pyridine rings is 1. The number of aliphatic hydroxyl groups excluding tert-OH is 1. The van der Waals surface area contributed by atoms with Crippen LogP contribution < -0.4 is 5.32 Å². The Morgan fingerprint density at radius 3 is 2.72 bits per heavy atom. The molecular formula is C22H21F2N3O4S. The molecular weight excluding hydrogens is 440 g/mol. The molecule has 3 N–H and O–H groups in total. The molecule has 1 aromatic carbocycles. The van der Waals surface area contributed by atoms with Crippen molar-refractivity contribution in [1.82, 2.24) is 9.97 Å². The molecule has 1 aliphatic rings. The molecule has 2 aromatic heterocycles. The molecule has 4 rings (SSSR count). The summed E-state index contributed by atoms with van der Waals surface area (Å²) < 4.78 is 34.0. The fourth-order valence-electron chi connectivity index (χ4n) is 3.52. The molecule has 0 saturated carbocycles. The van der Waals surface area contributed by atoms with E-state index in [-0.39, 0.29) is 22.7 Å². The van der Waals surface area contributed by atoms with Gasteiger partial charge >= 0.3 is 0 Å². The Morgan fingerprint density at radius 1 is 1.31 bits per heavy atom. The molecule has 1 fully saturated rings. The Hall–Kier alpha value is -2.79. The second-order valence-corrected chi connectivity index (χ2v) is 8.65. The van der Waals surface area contributed by atoms with E-state index in [9.17, 15) is 23.8 Å². The molecule has 1 saturated heterocycles. The molecule has 0 spiro atoms. The Morgan fingerprint density at radius 2 is 2.03 bits per heavy atom. The highest BCUT2D eigenvalue weighted by Crippen LogP contribution is 2.39. The number of nitrogens with one attached hydrogen (secondary N) is 1. The predicted molar refractivity (Wildman–Crippen MR) is 114 cm³/mol. The smallest absolute Gasteiger partial charge is 0.275 e. The fourth-order valence-corrected chi connectivity index (χ4v) is 4.37. The molecule has 0 unspecified atom stereocenters. The third kappa shape index (κ3) is 4.14. The number of halogens is 2. The molecule has 7 nitrogen and oxygen atoms in total. The highest BCUT2D eigenvalue weighted by molar-refractivity contribution is 7.13. The lowest BCUT2D eigenvalue weighted by Gasteiger charge is -2.43. The van der Waals surface area contributed by atoms with E-state index < -0.39 is 41.5 Å². The number of amides is 1. The second kappa shape index (κ2) is 8.62. The van der Waals surface area contributed by atoms with Crippen LogP contribution in [-0.4, -0.2) is 43.9 Å². The summed E-state index contributed by atoms with van der Waals surface area (Å²) in [6.45, 7) is 3.17. The third-order valence-electron chi connectivity index (χ3n) is 5.67. The first-order valence-electron chi connectivity index (χ1n) is 9.89. The number of thiazole rings is 1. The minimum Gasteiger partial charge on any atom is -0.390 e. The van der Waals surface area contributed by atoms with Crippen LogP contribution in [0.3, 0.4) is 0 Å². The van der Waals surface area contributed by atoms with Crippen LogP contribution in [0.15, 0.2) is 42.0 Å². The third-order valence-corrected chi connectivity index (χ3v) is 6.53. The zero-order chi connectivity index (χ0) is 23.0. The van der Waals surface area contributed by atoms with Crippen molar-refractivity contribution in [3.05, 3.63) is 64.9 Å². The number of carbonyl (C=O) groups is 1. The quantitative estimate of drug-likeness (QED) is 0.547. The van der Waals surface area contributed by atoms with Gasteiger partial charge in [0.1, 0.15) is 27.9 Å². The van der Waals surface area contributed by atoms with Crippen LogP contribution in [0.4, 0.5) is 14.5 Å². The van der Waals surface area contributed by atoms with Gasteiger partial charge in [-0.3, -0.25) is 9.78 Å². The summed E-state index contributed by atoms with van der Waals surface area (Å²) in [6.07, 6.45) is 0.827. The van der Waals surface area contributed by atoms with Gasteiger partial charge in [-0.1, -0.05) is 6.07 Å². The molecule has 3 aromatic rings.